The summed E-state index contributed by atoms with van der Waals surface area (Å²) in [6.45, 7) is 3.63. The lowest BCUT2D eigenvalue weighted by Gasteiger charge is -2.29. The van der Waals surface area contributed by atoms with Crippen molar-refractivity contribution in [3.63, 3.8) is 0 Å². The minimum atomic E-state index is -3.31. The van der Waals surface area contributed by atoms with Crippen LogP contribution in [0.3, 0.4) is 0 Å². The van der Waals surface area contributed by atoms with Crippen LogP contribution in [0.5, 0.6) is 0 Å². The minimum absolute atomic E-state index is 0.305. The van der Waals surface area contributed by atoms with Crippen LogP contribution in [0.4, 0.5) is 0 Å². The standard InChI is InChI=1S/C10H19ClN2O2S/c1-10-5-4-8-13(9-10)16(14,15)12-7-3-2-6-11/h2-3,10,12H,4-9H2,1H3/b3-2+. The average Bonchev–Trinajstić information content (AvgIpc) is 2.24. The highest BCUT2D eigenvalue weighted by Crippen LogP contribution is 2.17. The summed E-state index contributed by atoms with van der Waals surface area (Å²) >= 11 is 5.44. The molecular weight excluding hydrogens is 248 g/mol. The molecule has 16 heavy (non-hydrogen) atoms. The summed E-state index contributed by atoms with van der Waals surface area (Å²) in [7, 11) is -3.31. The van der Waals surface area contributed by atoms with Gasteiger partial charge in [0.1, 0.15) is 0 Å². The Labute approximate surface area is 103 Å². The molecule has 0 aromatic rings. The molecule has 0 saturated carbocycles. The SMILES string of the molecule is CC1CCCN(S(=O)(=O)NC/C=C/CCl)C1. The molecule has 1 N–H and O–H groups in total. The number of nitrogens with zero attached hydrogens (tertiary/aromatic N) is 1. The third-order valence-corrected chi connectivity index (χ3v) is 4.32. The van der Waals surface area contributed by atoms with Crippen molar-refractivity contribution in [2.24, 2.45) is 5.92 Å². The maximum Gasteiger partial charge on any atom is 0.279 e. The van der Waals surface area contributed by atoms with E-state index in [9.17, 15) is 8.42 Å². The zero-order valence-corrected chi connectivity index (χ0v) is 11.1. The molecule has 0 aliphatic carbocycles. The zero-order chi connectivity index (χ0) is 12.0. The van der Waals surface area contributed by atoms with Gasteiger partial charge in [0, 0.05) is 25.5 Å². The van der Waals surface area contributed by atoms with Gasteiger partial charge in [-0.3, -0.25) is 0 Å². The molecule has 1 heterocycles. The highest BCUT2D eigenvalue weighted by atomic mass is 35.5. The molecule has 94 valence electrons. The van der Waals surface area contributed by atoms with Crippen molar-refractivity contribution in [1.29, 1.82) is 0 Å². The molecule has 1 rings (SSSR count). The van der Waals surface area contributed by atoms with Crippen molar-refractivity contribution >= 4 is 21.8 Å². The van der Waals surface area contributed by atoms with E-state index in [1.54, 1.807) is 12.2 Å². The Kier molecular flexibility index (Phi) is 5.75. The van der Waals surface area contributed by atoms with Crippen LogP contribution in [0, 0.1) is 5.92 Å². The molecule has 1 aliphatic heterocycles. The summed E-state index contributed by atoms with van der Waals surface area (Å²) in [5.74, 6) is 0.853. The molecule has 0 spiro atoms. The van der Waals surface area contributed by atoms with Crippen LogP contribution in [-0.4, -0.2) is 38.2 Å². The third-order valence-electron chi connectivity index (χ3n) is 2.60. The summed E-state index contributed by atoms with van der Waals surface area (Å²) < 4.78 is 27.7. The quantitative estimate of drug-likeness (QED) is 0.603. The van der Waals surface area contributed by atoms with E-state index in [1.165, 1.54) is 4.31 Å². The highest BCUT2D eigenvalue weighted by Gasteiger charge is 2.25. The van der Waals surface area contributed by atoms with Crippen LogP contribution in [-0.2, 0) is 10.2 Å². The van der Waals surface area contributed by atoms with Crippen molar-refractivity contribution in [3.8, 4) is 0 Å². The third kappa shape index (κ3) is 4.41. The molecule has 0 aromatic carbocycles. The van der Waals surface area contributed by atoms with Gasteiger partial charge in [0.25, 0.3) is 10.2 Å². The Morgan fingerprint density at radius 2 is 2.25 bits per heavy atom. The molecular formula is C10H19ClN2O2S. The number of hydrogen-bond acceptors (Lipinski definition) is 2. The first-order valence-corrected chi connectivity index (χ1v) is 7.49. The minimum Gasteiger partial charge on any atom is -0.198 e. The van der Waals surface area contributed by atoms with Crippen LogP contribution in [0.1, 0.15) is 19.8 Å². The molecule has 0 amide bonds. The average molecular weight is 267 g/mol. The van der Waals surface area contributed by atoms with E-state index in [-0.39, 0.29) is 0 Å². The summed E-state index contributed by atoms with van der Waals surface area (Å²) in [5, 5.41) is 0. The lowest BCUT2D eigenvalue weighted by molar-refractivity contribution is 0.278. The van der Waals surface area contributed by atoms with Crippen LogP contribution in [0.2, 0.25) is 0 Å². The smallest absolute Gasteiger partial charge is 0.198 e. The number of hydrogen-bond donors (Lipinski definition) is 1. The van der Waals surface area contributed by atoms with Gasteiger partial charge in [-0.2, -0.15) is 17.4 Å². The van der Waals surface area contributed by atoms with Crippen LogP contribution < -0.4 is 4.72 Å². The maximum absolute atomic E-state index is 11.8. The van der Waals surface area contributed by atoms with Crippen molar-refractivity contribution in [2.45, 2.75) is 19.8 Å². The molecule has 6 heteroatoms. The summed E-state index contributed by atoms with van der Waals surface area (Å²) in [6.07, 6.45) is 5.50. The summed E-state index contributed by atoms with van der Waals surface area (Å²) in [5.41, 5.74) is 0. The molecule has 0 aromatic heterocycles. The number of alkyl halides is 1. The normalized spacial score (nSPS) is 24.0. The van der Waals surface area contributed by atoms with E-state index in [0.717, 1.165) is 12.8 Å². The second-order valence-electron chi connectivity index (χ2n) is 4.08. The number of halogens is 1. The second-order valence-corrected chi connectivity index (χ2v) is 6.15. The van der Waals surface area contributed by atoms with Gasteiger partial charge in [0.15, 0.2) is 0 Å². The largest absolute Gasteiger partial charge is 0.279 e. The summed E-state index contributed by atoms with van der Waals surface area (Å²) in [6, 6.07) is 0. The van der Waals surface area contributed by atoms with Gasteiger partial charge in [-0.1, -0.05) is 19.1 Å². The molecule has 1 fully saturated rings. The first kappa shape index (κ1) is 14.0. The van der Waals surface area contributed by atoms with Gasteiger partial charge in [0.2, 0.25) is 0 Å². The van der Waals surface area contributed by atoms with Gasteiger partial charge in [0.05, 0.1) is 0 Å². The Morgan fingerprint density at radius 1 is 1.50 bits per heavy atom. The van der Waals surface area contributed by atoms with E-state index in [0.29, 0.717) is 31.4 Å². The van der Waals surface area contributed by atoms with Gasteiger partial charge in [-0.05, 0) is 18.8 Å². The topological polar surface area (TPSA) is 49.4 Å². The van der Waals surface area contributed by atoms with E-state index in [4.69, 9.17) is 11.6 Å². The first-order valence-electron chi connectivity index (χ1n) is 5.52. The van der Waals surface area contributed by atoms with E-state index in [1.807, 2.05) is 0 Å². The zero-order valence-electron chi connectivity index (χ0n) is 9.52. The summed E-state index contributed by atoms with van der Waals surface area (Å²) in [4.78, 5) is 0. The molecule has 0 bridgehead atoms. The number of nitrogens with one attached hydrogen (secondary N) is 1. The molecule has 4 nitrogen and oxygen atoms in total. The Hall–Kier alpha value is -0.100. The van der Waals surface area contributed by atoms with Crippen molar-refractivity contribution in [1.82, 2.24) is 9.03 Å². The fraction of sp³-hybridized carbons (Fsp3) is 0.800. The van der Waals surface area contributed by atoms with Crippen LogP contribution >= 0.6 is 11.6 Å². The first-order chi connectivity index (χ1) is 7.56. The second kappa shape index (κ2) is 6.59. The highest BCUT2D eigenvalue weighted by molar-refractivity contribution is 7.87. The van der Waals surface area contributed by atoms with Crippen LogP contribution in [0.15, 0.2) is 12.2 Å². The maximum atomic E-state index is 11.8. The van der Waals surface area contributed by atoms with Gasteiger partial charge in [-0.25, -0.2) is 0 Å². The van der Waals surface area contributed by atoms with Crippen molar-refractivity contribution in [2.75, 3.05) is 25.5 Å². The van der Waals surface area contributed by atoms with E-state index < -0.39 is 10.2 Å². The van der Waals surface area contributed by atoms with Gasteiger partial charge < -0.3 is 0 Å². The fourth-order valence-electron chi connectivity index (χ4n) is 1.76. The van der Waals surface area contributed by atoms with Crippen molar-refractivity contribution in [3.05, 3.63) is 12.2 Å². The number of piperidine rings is 1. The Balaban J connectivity index is 2.46. The molecule has 0 radical (unpaired) electrons. The van der Waals surface area contributed by atoms with Crippen molar-refractivity contribution < 1.29 is 8.42 Å². The number of rotatable bonds is 5. The van der Waals surface area contributed by atoms with Gasteiger partial charge in [-0.15, -0.1) is 11.6 Å². The fourth-order valence-corrected chi connectivity index (χ4v) is 3.19. The molecule has 1 unspecified atom stereocenters. The molecule has 1 atom stereocenters. The van der Waals surface area contributed by atoms with Gasteiger partial charge >= 0.3 is 0 Å². The number of allylic oxidation sites excluding steroid dienone is 1. The predicted octanol–water partition coefficient (Wildman–Crippen LogP) is 1.35. The Morgan fingerprint density at radius 3 is 2.88 bits per heavy atom. The molecule has 1 aliphatic rings. The van der Waals surface area contributed by atoms with Crippen LogP contribution in [0.25, 0.3) is 0 Å². The van der Waals surface area contributed by atoms with E-state index in [2.05, 4.69) is 11.6 Å². The predicted molar refractivity (Wildman–Crippen MR) is 66.8 cm³/mol. The molecule has 1 saturated heterocycles. The lowest BCUT2D eigenvalue weighted by Crippen LogP contribution is -2.45. The monoisotopic (exact) mass is 266 g/mol. The Bertz CT molecular complexity index is 330. The lowest BCUT2D eigenvalue weighted by atomic mass is 10.0. The van der Waals surface area contributed by atoms with E-state index >= 15 is 0 Å².